The number of halogens is 2. The summed E-state index contributed by atoms with van der Waals surface area (Å²) in [5.74, 6) is -1.37. The zero-order chi connectivity index (χ0) is 26.6. The Balaban J connectivity index is 1.12. The summed E-state index contributed by atoms with van der Waals surface area (Å²) in [6, 6.07) is 11.4. The van der Waals surface area contributed by atoms with Gasteiger partial charge >= 0.3 is 0 Å². The van der Waals surface area contributed by atoms with Crippen molar-refractivity contribution in [2.24, 2.45) is 11.7 Å². The number of benzene rings is 2. The number of carbonyl (C=O) groups excluding carboxylic acids is 2. The molecule has 2 aromatic carbocycles. The van der Waals surface area contributed by atoms with Crippen molar-refractivity contribution in [1.82, 2.24) is 15.2 Å². The van der Waals surface area contributed by atoms with Crippen LogP contribution in [0.15, 0.2) is 54.7 Å². The minimum Gasteiger partial charge on any atom is -0.368 e. The molecule has 1 aromatic heterocycles. The van der Waals surface area contributed by atoms with Gasteiger partial charge in [-0.2, -0.15) is 0 Å². The molecule has 0 radical (unpaired) electrons. The molecule has 4 N–H and O–H groups in total. The highest BCUT2D eigenvalue weighted by Crippen LogP contribution is 2.37. The Hall–Kier alpha value is -3.52. The van der Waals surface area contributed by atoms with Gasteiger partial charge in [-0.25, -0.2) is 8.78 Å². The number of hydrogen-bond acceptors (Lipinski definition) is 3. The number of hydrogen-bond donors (Lipinski definition) is 3. The molecule has 1 unspecified atom stereocenters. The number of primary amides is 1. The monoisotopic (exact) mass is 520 g/mol. The maximum absolute atomic E-state index is 13.4. The number of aromatic amines is 1. The van der Waals surface area contributed by atoms with Gasteiger partial charge in [0.25, 0.3) is 0 Å². The fourth-order valence-corrected chi connectivity index (χ4v) is 6.10. The molecule has 1 saturated heterocycles. The van der Waals surface area contributed by atoms with Gasteiger partial charge in [-0.1, -0.05) is 18.2 Å². The summed E-state index contributed by atoms with van der Waals surface area (Å²) >= 11 is 0. The standard InChI is InChI=1S/C30H34F2N4O2/c31-22-15-19(16-23(32)17-22)5-10-28(37)36-13-11-21(12-14-36)29(30(33)38)35-24-8-6-20(7-9-24)26-18-34-27-4-2-1-3-25(26)27/h1-5,10,15-18,20-21,24,29,34-35H,6-9,11-14H2,(H2,33,38)/t20-,24+,29?. The molecule has 200 valence electrons. The number of piperidine rings is 1. The average molecular weight is 521 g/mol. The van der Waals surface area contributed by atoms with Crippen LogP contribution in [0, 0.1) is 17.6 Å². The van der Waals surface area contributed by atoms with Crippen LogP contribution >= 0.6 is 0 Å². The Labute approximate surface area is 221 Å². The number of likely N-dealkylation sites (tertiary alicyclic amines) is 1. The van der Waals surface area contributed by atoms with Crippen molar-refractivity contribution in [2.45, 2.75) is 56.5 Å². The lowest BCUT2D eigenvalue weighted by molar-refractivity contribution is -0.128. The lowest BCUT2D eigenvalue weighted by Gasteiger charge is -2.38. The molecular weight excluding hydrogens is 486 g/mol. The van der Waals surface area contributed by atoms with Gasteiger partial charge in [0.15, 0.2) is 0 Å². The fraction of sp³-hybridized carbons (Fsp3) is 0.400. The Morgan fingerprint density at radius 3 is 2.37 bits per heavy atom. The molecule has 8 heteroatoms. The number of nitrogens with zero attached hydrogens (tertiary/aromatic N) is 1. The van der Waals surface area contributed by atoms with E-state index in [2.05, 4.69) is 34.7 Å². The topological polar surface area (TPSA) is 91.2 Å². The second kappa shape index (κ2) is 11.5. The van der Waals surface area contributed by atoms with E-state index in [1.165, 1.54) is 40.8 Å². The van der Waals surface area contributed by atoms with Crippen molar-refractivity contribution in [2.75, 3.05) is 13.1 Å². The number of fused-ring (bicyclic) bond motifs is 1. The van der Waals surface area contributed by atoms with E-state index < -0.39 is 17.7 Å². The number of nitrogens with two attached hydrogens (primary N) is 1. The summed E-state index contributed by atoms with van der Waals surface area (Å²) in [5.41, 5.74) is 8.66. The maximum Gasteiger partial charge on any atom is 0.246 e. The summed E-state index contributed by atoms with van der Waals surface area (Å²) in [7, 11) is 0. The van der Waals surface area contributed by atoms with Crippen molar-refractivity contribution in [3.63, 3.8) is 0 Å². The normalized spacial score (nSPS) is 21.7. The first-order chi connectivity index (χ1) is 18.4. The third kappa shape index (κ3) is 5.96. The van der Waals surface area contributed by atoms with Gasteiger partial charge in [-0.15, -0.1) is 0 Å². The smallest absolute Gasteiger partial charge is 0.246 e. The summed E-state index contributed by atoms with van der Waals surface area (Å²) in [4.78, 5) is 30.1. The molecule has 1 aliphatic carbocycles. The van der Waals surface area contributed by atoms with Crippen LogP contribution in [0.25, 0.3) is 17.0 Å². The van der Waals surface area contributed by atoms with Crippen molar-refractivity contribution in [3.05, 3.63) is 77.5 Å². The summed E-state index contributed by atoms with van der Waals surface area (Å²) in [5, 5.41) is 4.85. The molecular formula is C30H34F2N4O2. The van der Waals surface area contributed by atoms with Gasteiger partial charge in [-0.05, 0) is 85.8 Å². The Kier molecular flexibility index (Phi) is 7.88. The molecule has 38 heavy (non-hydrogen) atoms. The molecule has 1 aliphatic heterocycles. The third-order valence-electron chi connectivity index (χ3n) is 8.14. The summed E-state index contributed by atoms with van der Waals surface area (Å²) in [6.45, 7) is 1.01. The minimum absolute atomic E-state index is 0.0594. The number of rotatable bonds is 7. The van der Waals surface area contributed by atoms with Crippen LogP contribution < -0.4 is 11.1 Å². The Morgan fingerprint density at radius 1 is 1.00 bits per heavy atom. The van der Waals surface area contributed by atoms with Crippen molar-refractivity contribution < 1.29 is 18.4 Å². The number of carbonyl (C=O) groups is 2. The van der Waals surface area contributed by atoms with Gasteiger partial charge in [-0.3, -0.25) is 9.59 Å². The van der Waals surface area contributed by atoms with E-state index in [1.54, 1.807) is 4.90 Å². The number of nitrogens with one attached hydrogen (secondary N) is 2. The van der Waals surface area contributed by atoms with Crippen molar-refractivity contribution in [3.8, 4) is 0 Å². The molecule has 1 atom stereocenters. The average Bonchev–Trinajstić information content (AvgIpc) is 3.34. The fourth-order valence-electron chi connectivity index (χ4n) is 6.10. The van der Waals surface area contributed by atoms with E-state index in [9.17, 15) is 18.4 Å². The van der Waals surface area contributed by atoms with E-state index in [0.29, 0.717) is 37.4 Å². The Bertz CT molecular complexity index is 1300. The van der Waals surface area contributed by atoms with Crippen LogP contribution in [-0.4, -0.2) is 46.9 Å². The van der Waals surface area contributed by atoms with Crippen molar-refractivity contribution in [1.29, 1.82) is 0 Å². The first-order valence-electron chi connectivity index (χ1n) is 13.4. The zero-order valence-electron chi connectivity index (χ0n) is 21.3. The van der Waals surface area contributed by atoms with Gasteiger partial charge < -0.3 is 20.9 Å². The molecule has 0 spiro atoms. The van der Waals surface area contributed by atoms with Gasteiger partial charge in [0, 0.05) is 48.4 Å². The SMILES string of the molecule is NC(=O)C(N[C@H]1CC[C@@H](c2c[nH]c3ccccc32)CC1)C1CCN(C(=O)C=Cc2cc(F)cc(F)c2)CC1. The number of amides is 2. The highest BCUT2D eigenvalue weighted by atomic mass is 19.1. The predicted octanol–water partition coefficient (Wildman–Crippen LogP) is 4.87. The molecule has 3 aromatic rings. The van der Waals surface area contributed by atoms with Gasteiger partial charge in [0.1, 0.15) is 11.6 Å². The van der Waals surface area contributed by atoms with E-state index >= 15 is 0 Å². The van der Waals surface area contributed by atoms with Crippen LogP contribution in [0.3, 0.4) is 0 Å². The third-order valence-corrected chi connectivity index (χ3v) is 8.14. The van der Waals surface area contributed by atoms with Gasteiger partial charge in [0.05, 0.1) is 6.04 Å². The van der Waals surface area contributed by atoms with Crippen LogP contribution in [-0.2, 0) is 9.59 Å². The zero-order valence-corrected chi connectivity index (χ0v) is 21.3. The minimum atomic E-state index is -0.686. The van der Waals surface area contributed by atoms with Crippen LogP contribution in [0.1, 0.15) is 55.6 Å². The van der Waals surface area contributed by atoms with E-state index in [1.807, 2.05) is 6.07 Å². The molecule has 2 amide bonds. The number of aromatic nitrogens is 1. The van der Waals surface area contributed by atoms with E-state index in [-0.39, 0.29) is 23.8 Å². The number of para-hydroxylation sites is 1. The van der Waals surface area contributed by atoms with Crippen LogP contribution in [0.5, 0.6) is 0 Å². The molecule has 5 rings (SSSR count). The van der Waals surface area contributed by atoms with Crippen molar-refractivity contribution >= 4 is 28.8 Å². The molecule has 2 aliphatic rings. The molecule has 6 nitrogen and oxygen atoms in total. The predicted molar refractivity (Wildman–Crippen MR) is 144 cm³/mol. The molecule has 2 fully saturated rings. The quantitative estimate of drug-likeness (QED) is 0.388. The van der Waals surface area contributed by atoms with Crippen LogP contribution in [0.2, 0.25) is 0 Å². The molecule has 2 heterocycles. The number of H-pyrrole nitrogens is 1. The summed E-state index contributed by atoms with van der Waals surface area (Å²) in [6.07, 6.45) is 10.3. The van der Waals surface area contributed by atoms with Gasteiger partial charge in [0.2, 0.25) is 11.8 Å². The highest BCUT2D eigenvalue weighted by molar-refractivity contribution is 5.92. The maximum atomic E-state index is 13.4. The lowest BCUT2D eigenvalue weighted by Crippen LogP contribution is -2.54. The Morgan fingerprint density at radius 2 is 1.68 bits per heavy atom. The largest absolute Gasteiger partial charge is 0.368 e. The lowest BCUT2D eigenvalue weighted by atomic mass is 9.80. The van der Waals surface area contributed by atoms with E-state index in [0.717, 1.165) is 31.7 Å². The first-order valence-corrected chi connectivity index (χ1v) is 13.4. The van der Waals surface area contributed by atoms with E-state index in [4.69, 9.17) is 5.73 Å². The van der Waals surface area contributed by atoms with Crippen LogP contribution in [0.4, 0.5) is 8.78 Å². The molecule has 0 bridgehead atoms. The second-order valence-electron chi connectivity index (χ2n) is 10.6. The molecule has 1 saturated carbocycles. The highest BCUT2D eigenvalue weighted by Gasteiger charge is 2.34. The summed E-state index contributed by atoms with van der Waals surface area (Å²) < 4.78 is 26.8. The second-order valence-corrected chi connectivity index (χ2v) is 10.6. The first kappa shape index (κ1) is 26.1.